The summed E-state index contributed by atoms with van der Waals surface area (Å²) in [7, 11) is 0. The first-order chi connectivity index (χ1) is 20.0. The van der Waals surface area contributed by atoms with Crippen molar-refractivity contribution in [3.63, 3.8) is 0 Å². The fraction of sp³-hybridized carbons (Fsp3) is 0.357. The van der Waals surface area contributed by atoms with Crippen molar-refractivity contribution in [2.45, 2.75) is 50.6 Å². The summed E-state index contributed by atoms with van der Waals surface area (Å²) in [5.41, 5.74) is 9.61. The number of rotatable bonds is 5. The maximum atomic E-state index is 12.9. The Morgan fingerprint density at radius 3 is 2.12 bits per heavy atom. The lowest BCUT2D eigenvalue weighted by Gasteiger charge is -2.35. The first-order valence-corrected chi connectivity index (χ1v) is 12.8. The number of hydrogen-bond acceptors (Lipinski definition) is 6. The molecule has 3 aromatic rings. The van der Waals surface area contributed by atoms with Gasteiger partial charge in [0.15, 0.2) is 0 Å². The molecule has 0 aliphatic carbocycles. The number of carboxylic acids is 2. The number of aryl methyl sites for hydroxylation is 1. The van der Waals surface area contributed by atoms with E-state index in [4.69, 9.17) is 25.5 Å². The second-order valence-corrected chi connectivity index (χ2v) is 9.53. The number of nitrogens with zero attached hydrogens (tertiary/aromatic N) is 2. The number of carbonyl (C=O) groups is 3. The molecule has 43 heavy (non-hydrogen) atoms. The summed E-state index contributed by atoms with van der Waals surface area (Å²) in [6, 6.07) is 15.9. The van der Waals surface area contributed by atoms with Gasteiger partial charge in [-0.3, -0.25) is 9.78 Å². The highest BCUT2D eigenvalue weighted by atomic mass is 19.4. The van der Waals surface area contributed by atoms with E-state index in [-0.39, 0.29) is 11.9 Å². The average Bonchev–Trinajstić information content (AvgIpc) is 2.93. The van der Waals surface area contributed by atoms with Gasteiger partial charge in [0.25, 0.3) is 0 Å². The standard InChI is InChI=1S/C24H28N4O.2C2HF3O2/c1-17-14-26-15-19-9-5-11-22(23(17)19)27-20-10-6-12-28(16-20)24(29)21(25)13-18-7-3-2-4-8-18;2*3-2(4,5)1(6)7/h2-5,7-9,11,14-15,20-21,27H,6,10,12-13,16,25H2,1H3;2*(H,6,7)/t20?,21-;;/m0../s1. The van der Waals surface area contributed by atoms with Crippen molar-refractivity contribution in [3.8, 4) is 0 Å². The number of piperidine rings is 1. The van der Waals surface area contributed by atoms with Crippen LogP contribution in [0.5, 0.6) is 0 Å². The first kappa shape index (κ1) is 34.8. The molecule has 1 aliphatic heterocycles. The van der Waals surface area contributed by atoms with Crippen molar-refractivity contribution in [2.24, 2.45) is 5.73 Å². The summed E-state index contributed by atoms with van der Waals surface area (Å²) >= 11 is 0. The molecule has 1 aliphatic rings. The van der Waals surface area contributed by atoms with Crippen LogP contribution in [0.15, 0.2) is 60.9 Å². The topological polar surface area (TPSA) is 146 Å². The molecule has 0 radical (unpaired) electrons. The van der Waals surface area contributed by atoms with E-state index < -0.39 is 30.3 Å². The summed E-state index contributed by atoms with van der Waals surface area (Å²) in [5, 5.41) is 20.3. The summed E-state index contributed by atoms with van der Waals surface area (Å²) < 4.78 is 63.5. The first-order valence-electron chi connectivity index (χ1n) is 12.8. The molecule has 4 rings (SSSR count). The maximum Gasteiger partial charge on any atom is 0.490 e. The number of carbonyl (C=O) groups excluding carboxylic acids is 1. The third-order valence-electron chi connectivity index (χ3n) is 6.17. The van der Waals surface area contributed by atoms with E-state index in [0.29, 0.717) is 13.0 Å². The predicted octanol–water partition coefficient (Wildman–Crippen LogP) is 4.78. The molecule has 234 valence electrons. The maximum absolute atomic E-state index is 12.9. The quantitative estimate of drug-likeness (QED) is 0.300. The van der Waals surface area contributed by atoms with Crippen LogP contribution in [0.3, 0.4) is 0 Å². The van der Waals surface area contributed by atoms with Crippen molar-refractivity contribution in [1.82, 2.24) is 9.88 Å². The van der Waals surface area contributed by atoms with Crippen molar-refractivity contribution in [3.05, 3.63) is 72.1 Å². The number of aromatic nitrogens is 1. The number of fused-ring (bicyclic) bond motifs is 1. The molecule has 9 nitrogen and oxygen atoms in total. The molecule has 2 aromatic carbocycles. The number of pyridine rings is 1. The lowest BCUT2D eigenvalue weighted by Crippen LogP contribution is -2.51. The number of nitrogens with two attached hydrogens (primary N) is 1. The zero-order chi connectivity index (χ0) is 32.4. The molecule has 1 fully saturated rings. The molecule has 2 atom stereocenters. The lowest BCUT2D eigenvalue weighted by atomic mass is 10.0. The Labute approximate surface area is 242 Å². The summed E-state index contributed by atoms with van der Waals surface area (Å²) in [4.78, 5) is 36.9. The Hall–Kier alpha value is -4.40. The van der Waals surface area contributed by atoms with Crippen LogP contribution < -0.4 is 11.1 Å². The molecule has 15 heteroatoms. The van der Waals surface area contributed by atoms with E-state index >= 15 is 0 Å². The number of anilines is 1. The SMILES string of the molecule is Cc1cncc2cccc(NC3CCCN(C(=O)[C@@H](N)Cc4ccccc4)C3)c12.O=C(O)C(F)(F)F.O=C(O)C(F)(F)F. The molecule has 5 N–H and O–H groups in total. The minimum absolute atomic E-state index is 0.0404. The summed E-state index contributed by atoms with van der Waals surface area (Å²) in [6.07, 6.45) is -3.78. The van der Waals surface area contributed by atoms with Crippen LogP contribution in [-0.2, 0) is 20.8 Å². The predicted molar refractivity (Wildman–Crippen MR) is 145 cm³/mol. The number of carboxylic acid groups (broad SMARTS) is 2. The third-order valence-corrected chi connectivity index (χ3v) is 6.17. The average molecular weight is 617 g/mol. The van der Waals surface area contributed by atoms with Gasteiger partial charge in [-0.05, 0) is 43.4 Å². The monoisotopic (exact) mass is 616 g/mol. The van der Waals surface area contributed by atoms with Gasteiger partial charge >= 0.3 is 24.3 Å². The number of alkyl halides is 6. The molecule has 0 saturated carbocycles. The Balaban J connectivity index is 0.000000384. The Morgan fingerprint density at radius 1 is 0.977 bits per heavy atom. The van der Waals surface area contributed by atoms with Gasteiger partial charge in [0.1, 0.15) is 0 Å². The van der Waals surface area contributed by atoms with Gasteiger partial charge in [-0.15, -0.1) is 0 Å². The minimum atomic E-state index is -5.08. The summed E-state index contributed by atoms with van der Waals surface area (Å²) in [6.45, 7) is 3.54. The van der Waals surface area contributed by atoms with Crippen LogP contribution in [0.25, 0.3) is 10.8 Å². The van der Waals surface area contributed by atoms with Crippen LogP contribution >= 0.6 is 0 Å². The number of aliphatic carboxylic acids is 2. The van der Waals surface area contributed by atoms with E-state index in [9.17, 15) is 31.1 Å². The minimum Gasteiger partial charge on any atom is -0.475 e. The van der Waals surface area contributed by atoms with Gasteiger partial charge < -0.3 is 26.2 Å². The second-order valence-electron chi connectivity index (χ2n) is 9.53. The highest BCUT2D eigenvalue weighted by Gasteiger charge is 2.39. The second kappa shape index (κ2) is 15.2. The van der Waals surface area contributed by atoms with Crippen LogP contribution in [0.2, 0.25) is 0 Å². The molecule has 0 spiro atoms. The van der Waals surface area contributed by atoms with E-state index in [0.717, 1.165) is 41.6 Å². The lowest BCUT2D eigenvalue weighted by molar-refractivity contribution is -0.193. The third kappa shape index (κ3) is 11.1. The van der Waals surface area contributed by atoms with Crippen LogP contribution in [-0.4, -0.2) is 75.5 Å². The number of amides is 1. The number of likely N-dealkylation sites (tertiary alicyclic amines) is 1. The number of halogens is 6. The fourth-order valence-corrected chi connectivity index (χ4v) is 4.24. The van der Waals surface area contributed by atoms with E-state index in [1.165, 1.54) is 5.39 Å². The van der Waals surface area contributed by atoms with Crippen molar-refractivity contribution in [2.75, 3.05) is 18.4 Å². The van der Waals surface area contributed by atoms with Gasteiger partial charge in [0.05, 0.1) is 6.04 Å². The number of nitrogens with one attached hydrogen (secondary N) is 1. The Morgan fingerprint density at radius 2 is 1.56 bits per heavy atom. The molecular formula is C28H30F6N4O5. The van der Waals surface area contributed by atoms with Gasteiger partial charge in [-0.1, -0.05) is 42.5 Å². The molecule has 2 heterocycles. The van der Waals surface area contributed by atoms with Crippen molar-refractivity contribution in [1.29, 1.82) is 0 Å². The fourth-order valence-electron chi connectivity index (χ4n) is 4.24. The van der Waals surface area contributed by atoms with Crippen LogP contribution in [0.1, 0.15) is 24.0 Å². The van der Waals surface area contributed by atoms with Gasteiger partial charge in [0.2, 0.25) is 5.91 Å². The smallest absolute Gasteiger partial charge is 0.475 e. The van der Waals surface area contributed by atoms with Gasteiger partial charge in [-0.2, -0.15) is 26.3 Å². The van der Waals surface area contributed by atoms with Crippen LogP contribution in [0, 0.1) is 6.92 Å². The van der Waals surface area contributed by atoms with Gasteiger partial charge in [-0.25, -0.2) is 9.59 Å². The zero-order valence-corrected chi connectivity index (χ0v) is 22.8. The number of hydrogen-bond donors (Lipinski definition) is 4. The Kier molecular flexibility index (Phi) is 12.3. The van der Waals surface area contributed by atoms with E-state index in [2.05, 4.69) is 29.4 Å². The van der Waals surface area contributed by atoms with E-state index in [1.54, 1.807) is 0 Å². The van der Waals surface area contributed by atoms with Crippen molar-refractivity contribution >= 4 is 34.3 Å². The van der Waals surface area contributed by atoms with Crippen LogP contribution in [0.4, 0.5) is 32.0 Å². The highest BCUT2D eigenvalue weighted by molar-refractivity contribution is 5.96. The molecule has 1 unspecified atom stereocenters. The molecular weight excluding hydrogens is 586 g/mol. The van der Waals surface area contributed by atoms with Crippen molar-refractivity contribution < 1.29 is 50.9 Å². The number of benzene rings is 2. The largest absolute Gasteiger partial charge is 0.490 e. The van der Waals surface area contributed by atoms with E-state index in [1.807, 2.05) is 53.7 Å². The van der Waals surface area contributed by atoms with Gasteiger partial charge in [0, 0.05) is 48.0 Å². The Bertz CT molecular complexity index is 1360. The molecule has 1 saturated heterocycles. The zero-order valence-electron chi connectivity index (χ0n) is 22.8. The normalized spacial score (nSPS) is 15.7. The molecule has 1 amide bonds. The molecule has 0 bridgehead atoms. The molecule has 1 aromatic heterocycles. The summed E-state index contributed by atoms with van der Waals surface area (Å²) in [5.74, 6) is -5.47. The highest BCUT2D eigenvalue weighted by Crippen LogP contribution is 2.28.